The molecule has 6 heteroatoms. The van der Waals surface area contributed by atoms with Crippen LogP contribution in [0, 0.1) is 11.8 Å². The van der Waals surface area contributed by atoms with Gasteiger partial charge in [-0.1, -0.05) is 279 Å². The van der Waals surface area contributed by atoms with E-state index in [0.717, 1.165) is 134 Å². The molecule has 0 N–H and O–H groups in total. The second kappa shape index (κ2) is 29.2. The minimum Gasteiger partial charge on any atom is -0.456 e. The van der Waals surface area contributed by atoms with Gasteiger partial charge in [-0.3, -0.25) is 0 Å². The van der Waals surface area contributed by atoms with Crippen molar-refractivity contribution in [3.05, 3.63) is 448 Å². The lowest BCUT2D eigenvalue weighted by Crippen LogP contribution is -2.09. The second-order valence-corrected chi connectivity index (χ2v) is 30.0. The van der Waals surface area contributed by atoms with E-state index < -0.39 is 0 Å². The van der Waals surface area contributed by atoms with Crippen LogP contribution < -0.4 is 9.80 Å². The Kier molecular flexibility index (Phi) is 17.0. The van der Waals surface area contributed by atoms with Gasteiger partial charge in [0, 0.05) is 111 Å². The summed E-state index contributed by atoms with van der Waals surface area (Å²) in [6.45, 7) is 0. The Morgan fingerprint density at radius 3 is 1.18 bits per heavy atom. The standard InChI is InChI=1S/2C56H36N2O/c1-5-17-37(18-6-1)55-50-35-48-45-26-14-16-28-53(45)59-54(48)36-46(50)43-31-30-42(57(39-19-7-2-8-20-39)40-21-9-3-10-22-40)34-49(43)56(55)38-29-32-52-47(33-38)44-25-13-15-27-51(44)58(52)41-23-11-4-12-24-41;1-5-17-41(18-6-1)55-47(35-29-39-30-36-52-50(37-39)46-25-13-15-27-51(46)58(52)44-23-11-4-12-24-44)49(38-54-56(55)48-26-14-16-28-53(48)59-54)40-31-33-45(34-32-40)57(42-19-7-2-8-20-42)43-21-9-3-10-22-43/h1-36H;1-28,30-34,36-38H. The van der Waals surface area contributed by atoms with Crippen LogP contribution in [0.3, 0.4) is 0 Å². The van der Waals surface area contributed by atoms with E-state index in [2.05, 4.69) is 449 Å². The summed E-state index contributed by atoms with van der Waals surface area (Å²) in [4.78, 5) is 4.64. The van der Waals surface area contributed by atoms with E-state index in [-0.39, 0.29) is 0 Å². The largest absolute Gasteiger partial charge is 0.456 e. The van der Waals surface area contributed by atoms with Crippen LogP contribution in [0.5, 0.6) is 0 Å². The molecule has 0 unspecified atom stereocenters. The van der Waals surface area contributed by atoms with Crippen molar-refractivity contribution in [3.63, 3.8) is 0 Å². The summed E-state index contributed by atoms with van der Waals surface area (Å²) >= 11 is 0. The Bertz CT molecular complexity index is 7740. The lowest BCUT2D eigenvalue weighted by molar-refractivity contribution is 0.669. The summed E-state index contributed by atoms with van der Waals surface area (Å²) in [6.07, 6.45) is 0. The average molecular weight is 1510 g/mol. The van der Waals surface area contributed by atoms with Crippen LogP contribution in [0.4, 0.5) is 34.1 Å². The first-order valence-electron chi connectivity index (χ1n) is 40.1. The second-order valence-electron chi connectivity index (χ2n) is 30.0. The smallest absolute Gasteiger partial charge is 0.136 e. The van der Waals surface area contributed by atoms with Crippen LogP contribution in [0.1, 0.15) is 11.1 Å². The third kappa shape index (κ3) is 12.0. The zero-order chi connectivity index (χ0) is 78.0. The van der Waals surface area contributed by atoms with Crippen LogP contribution in [0.25, 0.3) is 165 Å². The highest BCUT2D eigenvalue weighted by Gasteiger charge is 2.26. The minimum atomic E-state index is 0.833. The predicted molar refractivity (Wildman–Crippen MR) is 495 cm³/mol. The van der Waals surface area contributed by atoms with E-state index >= 15 is 0 Å². The summed E-state index contributed by atoms with van der Waals surface area (Å²) in [6, 6.07) is 156. The molecule has 23 aromatic rings. The van der Waals surface area contributed by atoms with E-state index in [1.165, 1.54) is 76.5 Å². The summed E-state index contributed by atoms with van der Waals surface area (Å²) in [7, 11) is 0. The molecule has 4 heterocycles. The normalized spacial score (nSPS) is 11.5. The lowest BCUT2D eigenvalue weighted by atomic mass is 9.84. The van der Waals surface area contributed by atoms with Gasteiger partial charge < -0.3 is 27.8 Å². The lowest BCUT2D eigenvalue weighted by Gasteiger charge is -2.27. The van der Waals surface area contributed by atoms with E-state index in [1.54, 1.807) is 0 Å². The molecule has 0 radical (unpaired) electrons. The Morgan fingerprint density at radius 2 is 0.610 bits per heavy atom. The molecule has 0 aliphatic carbocycles. The van der Waals surface area contributed by atoms with Crippen molar-refractivity contribution < 1.29 is 8.83 Å². The number of para-hydroxylation sites is 10. The zero-order valence-electron chi connectivity index (χ0n) is 64.2. The highest BCUT2D eigenvalue weighted by molar-refractivity contribution is 6.27. The van der Waals surface area contributed by atoms with Gasteiger partial charge >= 0.3 is 0 Å². The van der Waals surface area contributed by atoms with Gasteiger partial charge in [-0.15, -0.1) is 0 Å². The molecule has 0 saturated heterocycles. The van der Waals surface area contributed by atoms with E-state index in [1.807, 2.05) is 18.2 Å². The molecule has 0 atom stereocenters. The molecule has 0 saturated carbocycles. The summed E-state index contributed by atoms with van der Waals surface area (Å²) in [5.74, 6) is 7.44. The van der Waals surface area contributed by atoms with Crippen molar-refractivity contribution >= 4 is 143 Å². The van der Waals surface area contributed by atoms with Gasteiger partial charge in [0.2, 0.25) is 0 Å². The van der Waals surface area contributed by atoms with E-state index in [0.29, 0.717) is 0 Å². The number of aromatic nitrogens is 2. The zero-order valence-corrected chi connectivity index (χ0v) is 64.2. The number of rotatable bonds is 12. The number of benzene rings is 19. The van der Waals surface area contributed by atoms with Crippen molar-refractivity contribution in [1.82, 2.24) is 9.13 Å². The maximum atomic E-state index is 6.64. The van der Waals surface area contributed by atoms with Crippen molar-refractivity contribution in [1.29, 1.82) is 0 Å². The van der Waals surface area contributed by atoms with Crippen molar-refractivity contribution in [3.8, 4) is 67.7 Å². The highest BCUT2D eigenvalue weighted by Crippen LogP contribution is 2.51. The SMILES string of the molecule is C(#Cc1c(-c2ccc(N(c3ccccc3)c3ccccc3)cc2)cc2oc3ccccc3c2c1-c1ccccc1)c1ccc2c(c1)c1ccccc1n2-c1ccccc1.c1ccc(-c2c(-c3ccc4c(c3)c3ccccc3n4-c3ccccc3)c3cc(N(c4ccccc4)c4ccccc4)ccc3c3cc4oc5ccccc5c4cc23)cc1. The van der Waals surface area contributed by atoms with Crippen LogP contribution in [0.2, 0.25) is 0 Å². The minimum absolute atomic E-state index is 0.833. The summed E-state index contributed by atoms with van der Waals surface area (Å²) in [5, 5.41) is 13.9. The Balaban J connectivity index is 0.000000142. The van der Waals surface area contributed by atoms with Crippen LogP contribution in [0.15, 0.2) is 446 Å². The first-order valence-corrected chi connectivity index (χ1v) is 40.1. The molecular weight excluding hydrogens is 1430 g/mol. The monoisotopic (exact) mass is 1500 g/mol. The molecule has 19 aromatic carbocycles. The number of hydrogen-bond acceptors (Lipinski definition) is 4. The molecule has 0 fully saturated rings. The van der Waals surface area contributed by atoms with Gasteiger partial charge in [0.1, 0.15) is 22.3 Å². The van der Waals surface area contributed by atoms with Crippen LogP contribution >= 0.6 is 0 Å². The third-order valence-corrected chi connectivity index (χ3v) is 23.1. The Labute approximate surface area is 682 Å². The molecule has 118 heavy (non-hydrogen) atoms. The van der Waals surface area contributed by atoms with E-state index in [9.17, 15) is 0 Å². The number of nitrogens with zero attached hydrogens (tertiary/aromatic N) is 4. The number of fused-ring (bicyclic) bond motifs is 15. The number of furan rings is 2. The molecular formula is C112H72N4O2. The Morgan fingerprint density at radius 1 is 0.203 bits per heavy atom. The Hall–Kier alpha value is -15.9. The van der Waals surface area contributed by atoms with Crippen molar-refractivity contribution in [2.45, 2.75) is 0 Å². The van der Waals surface area contributed by atoms with E-state index in [4.69, 9.17) is 8.83 Å². The maximum absolute atomic E-state index is 6.64. The fourth-order valence-electron chi connectivity index (χ4n) is 17.9. The average Bonchev–Trinajstić information content (AvgIpc) is 1.32. The van der Waals surface area contributed by atoms with Crippen LogP contribution in [-0.2, 0) is 0 Å². The molecule has 0 aliphatic heterocycles. The molecule has 0 spiro atoms. The van der Waals surface area contributed by atoms with Gasteiger partial charge in [-0.25, -0.2) is 0 Å². The van der Waals surface area contributed by atoms with Crippen LogP contribution in [-0.4, -0.2) is 9.13 Å². The molecule has 4 aromatic heterocycles. The fraction of sp³-hybridized carbons (Fsp3) is 0. The molecule has 0 aliphatic rings. The molecule has 6 nitrogen and oxygen atoms in total. The van der Waals surface area contributed by atoms with Gasteiger partial charge in [-0.2, -0.15) is 0 Å². The highest BCUT2D eigenvalue weighted by atomic mass is 16.3. The van der Waals surface area contributed by atoms with Crippen molar-refractivity contribution in [2.75, 3.05) is 9.80 Å². The topological polar surface area (TPSA) is 42.6 Å². The van der Waals surface area contributed by atoms with Gasteiger partial charge in [-0.05, 0) is 225 Å². The molecule has 0 amide bonds. The third-order valence-electron chi connectivity index (χ3n) is 23.1. The predicted octanol–water partition coefficient (Wildman–Crippen LogP) is 30.7. The fourth-order valence-corrected chi connectivity index (χ4v) is 17.9. The number of hydrogen-bond donors (Lipinski definition) is 0. The van der Waals surface area contributed by atoms with Gasteiger partial charge in [0.25, 0.3) is 0 Å². The van der Waals surface area contributed by atoms with Gasteiger partial charge in [0.05, 0.1) is 22.1 Å². The first kappa shape index (κ1) is 68.8. The van der Waals surface area contributed by atoms with Crippen molar-refractivity contribution in [2.24, 2.45) is 0 Å². The maximum Gasteiger partial charge on any atom is 0.136 e. The molecule has 0 bridgehead atoms. The van der Waals surface area contributed by atoms with Gasteiger partial charge in [0.15, 0.2) is 0 Å². The number of anilines is 6. The first-order chi connectivity index (χ1) is 58.6. The molecule has 23 rings (SSSR count). The quantitative estimate of drug-likeness (QED) is 0.0903. The molecule has 552 valence electrons. The summed E-state index contributed by atoms with van der Waals surface area (Å²) < 4.78 is 17.9. The summed E-state index contributed by atoms with van der Waals surface area (Å²) in [5.41, 5.74) is 27.9.